The molecule has 29 heavy (non-hydrogen) atoms. The number of likely N-dealkylation sites (N-methyl/N-ethyl adjacent to an activating group) is 2. The molecule has 2 aliphatic rings. The minimum absolute atomic E-state index is 0.0892. The van der Waals surface area contributed by atoms with Gasteiger partial charge in [0.15, 0.2) is 5.17 Å². The van der Waals surface area contributed by atoms with Crippen LogP contribution in [0.4, 0.5) is 0 Å². The molecule has 0 aromatic heterocycles. The number of amidine groups is 1. The van der Waals surface area contributed by atoms with E-state index >= 15 is 0 Å². The number of amides is 1. The molecule has 1 N–H and O–H groups in total. The molecule has 0 bridgehead atoms. The van der Waals surface area contributed by atoms with Crippen LogP contribution in [-0.4, -0.2) is 35.0 Å². The second kappa shape index (κ2) is 11.1. The predicted octanol–water partition coefficient (Wildman–Crippen LogP) is 5.98. The first-order valence-electron chi connectivity index (χ1n) is 9.59. The SMILES string of the molecule is C/C=C\C=C(\C)CC.CN1C(=N)S/C(=C2\SC=C(Cc3ccccc3)N2C)C1=O. The Hall–Kier alpha value is -2.18. The highest BCUT2D eigenvalue weighted by atomic mass is 32.2. The average molecular weight is 428 g/mol. The van der Waals surface area contributed by atoms with Crippen LogP contribution in [0.2, 0.25) is 0 Å². The van der Waals surface area contributed by atoms with Crippen LogP contribution in [0.15, 0.2) is 75.2 Å². The van der Waals surface area contributed by atoms with Crippen molar-refractivity contribution in [2.45, 2.75) is 33.6 Å². The normalized spacial score (nSPS) is 19.8. The van der Waals surface area contributed by atoms with Gasteiger partial charge in [0, 0.05) is 26.2 Å². The van der Waals surface area contributed by atoms with Crippen molar-refractivity contribution in [2.75, 3.05) is 14.1 Å². The van der Waals surface area contributed by atoms with Crippen molar-refractivity contribution in [1.29, 1.82) is 5.41 Å². The third kappa shape index (κ3) is 6.15. The number of thioether (sulfide) groups is 2. The Balaban J connectivity index is 0.000000321. The summed E-state index contributed by atoms with van der Waals surface area (Å²) in [5, 5.41) is 11.1. The summed E-state index contributed by atoms with van der Waals surface area (Å²) >= 11 is 2.80. The molecule has 2 heterocycles. The first-order valence-corrected chi connectivity index (χ1v) is 11.3. The molecule has 0 saturated carbocycles. The summed E-state index contributed by atoms with van der Waals surface area (Å²) in [6, 6.07) is 10.3. The topological polar surface area (TPSA) is 47.4 Å². The van der Waals surface area contributed by atoms with Gasteiger partial charge in [0.2, 0.25) is 0 Å². The van der Waals surface area contributed by atoms with E-state index in [0.29, 0.717) is 4.91 Å². The first-order chi connectivity index (χ1) is 13.9. The number of allylic oxidation sites excluding steroid dienone is 5. The van der Waals surface area contributed by atoms with Crippen molar-refractivity contribution in [3.8, 4) is 0 Å². The summed E-state index contributed by atoms with van der Waals surface area (Å²) in [4.78, 5) is 16.2. The molecule has 0 aliphatic carbocycles. The van der Waals surface area contributed by atoms with Gasteiger partial charge in [0.25, 0.3) is 5.91 Å². The van der Waals surface area contributed by atoms with Gasteiger partial charge < -0.3 is 4.90 Å². The van der Waals surface area contributed by atoms with E-state index in [1.165, 1.54) is 33.5 Å². The van der Waals surface area contributed by atoms with Crippen LogP contribution < -0.4 is 0 Å². The van der Waals surface area contributed by atoms with Gasteiger partial charge in [-0.1, -0.05) is 72.8 Å². The van der Waals surface area contributed by atoms with Crippen LogP contribution in [0.1, 0.15) is 32.8 Å². The van der Waals surface area contributed by atoms with Crippen LogP contribution in [-0.2, 0) is 11.2 Å². The predicted molar refractivity (Wildman–Crippen MR) is 128 cm³/mol. The zero-order chi connectivity index (χ0) is 21.4. The summed E-state index contributed by atoms with van der Waals surface area (Å²) in [5.41, 5.74) is 3.85. The molecule has 1 amide bonds. The lowest BCUT2D eigenvalue weighted by atomic mass is 10.1. The lowest BCUT2D eigenvalue weighted by molar-refractivity contribution is -0.121. The molecule has 6 heteroatoms. The van der Waals surface area contributed by atoms with Gasteiger partial charge in [-0.25, -0.2) is 0 Å². The standard InChI is InChI=1S/C15H15N3OS2.C8H14/c1-17-11(8-10-6-4-3-5-7-10)9-20-14(17)12-13(19)18(2)15(16)21-12;1-4-6-7-8(3)5-2/h3-7,9,16H,8H2,1-2H3;4,6-7H,5H2,1-3H3/b14-12-,16-15?;6-4-,8-7-. The van der Waals surface area contributed by atoms with Crippen molar-refractivity contribution in [2.24, 2.45) is 0 Å². The van der Waals surface area contributed by atoms with Gasteiger partial charge >= 0.3 is 0 Å². The number of carbonyl (C=O) groups is 1. The van der Waals surface area contributed by atoms with Gasteiger partial charge in [0.1, 0.15) is 4.91 Å². The molecule has 154 valence electrons. The maximum atomic E-state index is 12.2. The van der Waals surface area contributed by atoms with E-state index in [0.717, 1.165) is 17.9 Å². The maximum absolute atomic E-state index is 12.2. The smallest absolute Gasteiger partial charge is 0.269 e. The largest absolute Gasteiger partial charge is 0.341 e. The second-order valence-electron chi connectivity index (χ2n) is 6.75. The van der Waals surface area contributed by atoms with Gasteiger partial charge in [-0.2, -0.15) is 0 Å². The van der Waals surface area contributed by atoms with Crippen molar-refractivity contribution in [3.63, 3.8) is 0 Å². The molecule has 0 unspecified atom stereocenters. The lowest BCUT2D eigenvalue weighted by Crippen LogP contribution is -2.24. The number of hydrogen-bond donors (Lipinski definition) is 1. The maximum Gasteiger partial charge on any atom is 0.269 e. The minimum atomic E-state index is -0.0892. The summed E-state index contributed by atoms with van der Waals surface area (Å²) in [7, 11) is 3.62. The number of benzene rings is 1. The molecule has 1 aromatic carbocycles. The number of rotatable bonds is 4. The summed E-state index contributed by atoms with van der Waals surface area (Å²) in [5.74, 6) is -0.0892. The number of nitrogens with zero attached hydrogens (tertiary/aromatic N) is 2. The number of hydrogen-bond acceptors (Lipinski definition) is 5. The Morgan fingerprint density at radius 1 is 1.17 bits per heavy atom. The van der Waals surface area contributed by atoms with E-state index in [-0.39, 0.29) is 11.1 Å². The summed E-state index contributed by atoms with van der Waals surface area (Å²) in [6.07, 6.45) is 8.25. The highest BCUT2D eigenvalue weighted by Gasteiger charge is 2.35. The minimum Gasteiger partial charge on any atom is -0.341 e. The second-order valence-corrected chi connectivity index (χ2v) is 8.60. The highest BCUT2D eigenvalue weighted by molar-refractivity contribution is 8.19. The fourth-order valence-corrected chi connectivity index (χ4v) is 4.64. The van der Waals surface area contributed by atoms with E-state index < -0.39 is 0 Å². The van der Waals surface area contributed by atoms with Crippen molar-refractivity contribution >= 4 is 34.6 Å². The highest BCUT2D eigenvalue weighted by Crippen LogP contribution is 2.42. The first kappa shape index (κ1) is 23.1. The summed E-state index contributed by atoms with van der Waals surface area (Å²) < 4.78 is 0. The Morgan fingerprint density at radius 2 is 1.86 bits per heavy atom. The van der Waals surface area contributed by atoms with Crippen molar-refractivity contribution < 1.29 is 4.79 Å². The van der Waals surface area contributed by atoms with Gasteiger partial charge in [-0.05, 0) is 43.0 Å². The van der Waals surface area contributed by atoms with E-state index in [1.807, 2.05) is 38.2 Å². The Labute approximate surface area is 182 Å². The molecule has 4 nitrogen and oxygen atoms in total. The average Bonchev–Trinajstić information content (AvgIpc) is 3.21. The molecular weight excluding hydrogens is 398 g/mol. The number of nitrogens with one attached hydrogen (secondary N) is 1. The van der Waals surface area contributed by atoms with Crippen molar-refractivity contribution in [1.82, 2.24) is 9.80 Å². The third-order valence-corrected chi connectivity index (χ3v) is 6.86. The van der Waals surface area contributed by atoms with Crippen LogP contribution in [0.25, 0.3) is 0 Å². The summed E-state index contributed by atoms with van der Waals surface area (Å²) in [6.45, 7) is 6.33. The zero-order valence-corrected chi connectivity index (χ0v) is 19.4. The monoisotopic (exact) mass is 427 g/mol. The molecule has 1 saturated heterocycles. The Kier molecular flexibility index (Phi) is 8.86. The molecule has 0 spiro atoms. The lowest BCUT2D eigenvalue weighted by Gasteiger charge is -2.18. The van der Waals surface area contributed by atoms with Gasteiger partial charge in [0.05, 0.1) is 5.03 Å². The molecule has 2 aliphatic heterocycles. The third-order valence-electron chi connectivity index (χ3n) is 4.60. The molecule has 1 aromatic rings. The van der Waals surface area contributed by atoms with Gasteiger partial charge in [-0.15, -0.1) is 0 Å². The molecule has 0 atom stereocenters. The van der Waals surface area contributed by atoms with Crippen molar-refractivity contribution in [3.05, 3.63) is 80.7 Å². The van der Waals surface area contributed by atoms with E-state index in [4.69, 9.17) is 5.41 Å². The fourth-order valence-electron chi connectivity index (χ4n) is 2.55. The van der Waals surface area contributed by atoms with Crippen LogP contribution in [0, 0.1) is 5.41 Å². The number of carbonyl (C=O) groups excluding carboxylic acids is 1. The van der Waals surface area contributed by atoms with E-state index in [2.05, 4.69) is 48.4 Å². The molecule has 1 fully saturated rings. The molecular formula is C23H29N3OS2. The van der Waals surface area contributed by atoms with Gasteiger partial charge in [-0.3, -0.25) is 15.1 Å². The van der Waals surface area contributed by atoms with E-state index in [1.54, 1.807) is 18.8 Å². The quantitative estimate of drug-likeness (QED) is 0.474. The zero-order valence-electron chi connectivity index (χ0n) is 17.7. The fraction of sp³-hybridized carbons (Fsp3) is 0.304. The van der Waals surface area contributed by atoms with Crippen LogP contribution in [0.5, 0.6) is 0 Å². The Bertz CT molecular complexity index is 869. The van der Waals surface area contributed by atoms with Crippen LogP contribution >= 0.6 is 23.5 Å². The van der Waals surface area contributed by atoms with E-state index in [9.17, 15) is 4.79 Å². The Morgan fingerprint density at radius 3 is 2.41 bits per heavy atom. The molecule has 0 radical (unpaired) electrons. The molecule has 3 rings (SSSR count). The van der Waals surface area contributed by atoms with Crippen LogP contribution in [0.3, 0.4) is 0 Å².